The molecule has 0 bridgehead atoms. The average molecular weight is 244 g/mol. The minimum Gasteiger partial charge on any atom is -0.465 e. The van der Waals surface area contributed by atoms with Crippen molar-refractivity contribution in [3.8, 4) is 0 Å². The van der Waals surface area contributed by atoms with Gasteiger partial charge in [0.25, 0.3) is 0 Å². The first-order valence-corrected chi connectivity index (χ1v) is 6.21. The van der Waals surface area contributed by atoms with Crippen LogP contribution >= 0.6 is 0 Å². The zero-order valence-corrected chi connectivity index (χ0v) is 11.1. The highest BCUT2D eigenvalue weighted by Gasteiger charge is 2.33. The molecular weight excluding hydrogens is 220 g/mol. The van der Waals surface area contributed by atoms with E-state index in [1.807, 2.05) is 0 Å². The van der Waals surface area contributed by atoms with Crippen LogP contribution < -0.4 is 5.73 Å². The van der Waals surface area contributed by atoms with Crippen molar-refractivity contribution in [2.75, 3.05) is 33.4 Å². The summed E-state index contributed by atoms with van der Waals surface area (Å²) in [6.07, 6.45) is 2.34. The molecule has 1 unspecified atom stereocenters. The average Bonchev–Trinajstić information content (AvgIpc) is 2.30. The van der Waals surface area contributed by atoms with Gasteiger partial charge in [0.05, 0.1) is 12.7 Å². The molecule has 100 valence electrons. The van der Waals surface area contributed by atoms with Crippen LogP contribution in [0.1, 0.15) is 26.7 Å². The SMILES string of the molecule is CCOC(=O)C(C)(N)CN1CCC(OC)CC1. The van der Waals surface area contributed by atoms with Crippen molar-refractivity contribution in [1.82, 2.24) is 4.90 Å². The Labute approximate surface area is 103 Å². The van der Waals surface area contributed by atoms with E-state index in [1.165, 1.54) is 0 Å². The molecule has 1 aliphatic rings. The Balaban J connectivity index is 2.40. The van der Waals surface area contributed by atoms with Gasteiger partial charge in [0, 0.05) is 26.7 Å². The molecule has 17 heavy (non-hydrogen) atoms. The molecule has 0 aromatic heterocycles. The molecule has 5 nitrogen and oxygen atoms in total. The molecule has 0 aromatic rings. The van der Waals surface area contributed by atoms with Crippen LogP contribution in [0.3, 0.4) is 0 Å². The van der Waals surface area contributed by atoms with E-state index in [0.29, 0.717) is 19.3 Å². The van der Waals surface area contributed by atoms with E-state index in [4.69, 9.17) is 15.2 Å². The van der Waals surface area contributed by atoms with E-state index in [9.17, 15) is 4.79 Å². The fourth-order valence-electron chi connectivity index (χ4n) is 2.13. The van der Waals surface area contributed by atoms with Crippen LogP contribution in [0.15, 0.2) is 0 Å². The van der Waals surface area contributed by atoms with Crippen molar-refractivity contribution in [1.29, 1.82) is 0 Å². The molecule has 1 heterocycles. The second-order valence-electron chi connectivity index (χ2n) is 4.85. The van der Waals surface area contributed by atoms with Gasteiger partial charge >= 0.3 is 5.97 Å². The lowest BCUT2D eigenvalue weighted by Crippen LogP contribution is -2.56. The molecule has 1 rings (SSSR count). The van der Waals surface area contributed by atoms with Gasteiger partial charge in [-0.1, -0.05) is 0 Å². The number of rotatable bonds is 5. The number of hydrogen-bond donors (Lipinski definition) is 1. The van der Waals surface area contributed by atoms with Crippen LogP contribution in [0.5, 0.6) is 0 Å². The topological polar surface area (TPSA) is 64.8 Å². The Morgan fingerprint density at radius 1 is 1.47 bits per heavy atom. The maximum absolute atomic E-state index is 11.7. The van der Waals surface area contributed by atoms with Crippen molar-refractivity contribution in [2.45, 2.75) is 38.3 Å². The summed E-state index contributed by atoms with van der Waals surface area (Å²) < 4.78 is 10.3. The predicted molar refractivity (Wildman–Crippen MR) is 65.7 cm³/mol. The number of carbonyl (C=O) groups is 1. The third kappa shape index (κ3) is 4.26. The molecule has 0 amide bonds. The molecule has 5 heteroatoms. The molecule has 0 aromatic carbocycles. The fourth-order valence-corrected chi connectivity index (χ4v) is 2.13. The highest BCUT2D eigenvalue weighted by atomic mass is 16.5. The number of esters is 1. The van der Waals surface area contributed by atoms with Crippen molar-refractivity contribution < 1.29 is 14.3 Å². The molecule has 1 aliphatic heterocycles. The first-order valence-electron chi connectivity index (χ1n) is 6.21. The molecular formula is C12H24N2O3. The third-order valence-electron chi connectivity index (χ3n) is 3.16. The van der Waals surface area contributed by atoms with E-state index in [2.05, 4.69) is 4.90 Å². The minimum absolute atomic E-state index is 0.325. The summed E-state index contributed by atoms with van der Waals surface area (Å²) in [4.78, 5) is 13.9. The van der Waals surface area contributed by atoms with Gasteiger partial charge in [-0.05, 0) is 26.7 Å². The summed E-state index contributed by atoms with van der Waals surface area (Å²) in [6.45, 7) is 6.28. The van der Waals surface area contributed by atoms with Crippen LogP contribution in [0.4, 0.5) is 0 Å². The highest BCUT2D eigenvalue weighted by molar-refractivity contribution is 5.80. The fraction of sp³-hybridized carbons (Fsp3) is 0.917. The van der Waals surface area contributed by atoms with Crippen LogP contribution in [-0.4, -0.2) is 55.9 Å². The molecule has 0 radical (unpaired) electrons. The van der Waals surface area contributed by atoms with E-state index in [-0.39, 0.29) is 5.97 Å². The molecule has 2 N–H and O–H groups in total. The summed E-state index contributed by atoms with van der Waals surface area (Å²) in [6, 6.07) is 0. The van der Waals surface area contributed by atoms with Gasteiger partial charge in [-0.3, -0.25) is 4.79 Å². The highest BCUT2D eigenvalue weighted by Crippen LogP contribution is 2.15. The van der Waals surface area contributed by atoms with Gasteiger partial charge in [-0.25, -0.2) is 0 Å². The second-order valence-corrected chi connectivity index (χ2v) is 4.85. The summed E-state index contributed by atoms with van der Waals surface area (Å²) in [5.41, 5.74) is 5.08. The normalized spacial score (nSPS) is 22.1. The van der Waals surface area contributed by atoms with Crippen molar-refractivity contribution >= 4 is 5.97 Å². The lowest BCUT2D eigenvalue weighted by molar-refractivity contribution is -0.149. The van der Waals surface area contributed by atoms with Gasteiger partial charge in [-0.15, -0.1) is 0 Å². The maximum atomic E-state index is 11.7. The third-order valence-corrected chi connectivity index (χ3v) is 3.16. The van der Waals surface area contributed by atoms with Gasteiger partial charge in [0.1, 0.15) is 5.54 Å². The second kappa shape index (κ2) is 6.33. The number of hydrogen-bond acceptors (Lipinski definition) is 5. The van der Waals surface area contributed by atoms with E-state index in [0.717, 1.165) is 25.9 Å². The van der Waals surface area contributed by atoms with Crippen LogP contribution in [-0.2, 0) is 14.3 Å². The van der Waals surface area contributed by atoms with Gasteiger partial charge < -0.3 is 20.1 Å². The number of carbonyl (C=O) groups excluding carboxylic acids is 1. The van der Waals surface area contributed by atoms with E-state index in [1.54, 1.807) is 21.0 Å². The van der Waals surface area contributed by atoms with Gasteiger partial charge in [0.2, 0.25) is 0 Å². The Kier molecular flexibility index (Phi) is 5.36. The van der Waals surface area contributed by atoms with Gasteiger partial charge in [0.15, 0.2) is 0 Å². The van der Waals surface area contributed by atoms with E-state index < -0.39 is 5.54 Å². The summed E-state index contributed by atoms with van der Waals surface area (Å²) in [5.74, 6) is -0.325. The molecule has 1 saturated heterocycles. The number of nitrogens with two attached hydrogens (primary N) is 1. The van der Waals surface area contributed by atoms with Crippen molar-refractivity contribution in [2.24, 2.45) is 5.73 Å². The number of piperidine rings is 1. The number of ether oxygens (including phenoxy) is 2. The Morgan fingerprint density at radius 3 is 2.53 bits per heavy atom. The Hall–Kier alpha value is -0.650. The van der Waals surface area contributed by atoms with Crippen LogP contribution in [0.25, 0.3) is 0 Å². The lowest BCUT2D eigenvalue weighted by atomic mass is 10.0. The van der Waals surface area contributed by atoms with Crippen LogP contribution in [0.2, 0.25) is 0 Å². The van der Waals surface area contributed by atoms with Crippen molar-refractivity contribution in [3.63, 3.8) is 0 Å². The van der Waals surface area contributed by atoms with Gasteiger partial charge in [-0.2, -0.15) is 0 Å². The van der Waals surface area contributed by atoms with Crippen molar-refractivity contribution in [3.05, 3.63) is 0 Å². The number of methoxy groups -OCH3 is 1. The molecule has 0 spiro atoms. The Morgan fingerprint density at radius 2 is 2.06 bits per heavy atom. The van der Waals surface area contributed by atoms with E-state index >= 15 is 0 Å². The minimum atomic E-state index is -0.921. The smallest absolute Gasteiger partial charge is 0.327 e. The first kappa shape index (κ1) is 14.4. The predicted octanol–water partition coefficient (Wildman–Crippen LogP) is 0.378. The molecule has 1 fully saturated rings. The largest absolute Gasteiger partial charge is 0.465 e. The Bertz CT molecular complexity index is 248. The zero-order valence-electron chi connectivity index (χ0n) is 11.1. The quantitative estimate of drug-likeness (QED) is 0.708. The zero-order chi connectivity index (χ0) is 12.9. The summed E-state index contributed by atoms with van der Waals surface area (Å²) in [5, 5.41) is 0. The maximum Gasteiger partial charge on any atom is 0.327 e. The number of likely N-dealkylation sites (tertiary alicyclic amines) is 1. The monoisotopic (exact) mass is 244 g/mol. The number of nitrogens with zero attached hydrogens (tertiary/aromatic N) is 1. The molecule has 0 saturated carbocycles. The standard InChI is InChI=1S/C12H24N2O3/c1-4-17-11(15)12(2,13)9-14-7-5-10(16-3)6-8-14/h10H,4-9,13H2,1-3H3. The molecule has 1 atom stereocenters. The first-order chi connectivity index (χ1) is 7.99. The van der Waals surface area contributed by atoms with Crippen LogP contribution in [0, 0.1) is 0 Å². The summed E-state index contributed by atoms with van der Waals surface area (Å²) >= 11 is 0. The molecule has 0 aliphatic carbocycles. The summed E-state index contributed by atoms with van der Waals surface area (Å²) in [7, 11) is 1.74. The lowest BCUT2D eigenvalue weighted by Gasteiger charge is -2.35.